The fraction of sp³-hybridized carbons (Fsp3) is 1.00. The van der Waals surface area contributed by atoms with Gasteiger partial charge in [0.2, 0.25) is 0 Å². The smallest absolute Gasteiger partial charge is 0.114 e. The summed E-state index contributed by atoms with van der Waals surface area (Å²) in [4.78, 5) is -0.225. The summed E-state index contributed by atoms with van der Waals surface area (Å²) >= 11 is 10.1. The molecular weight excluding hydrogens is 254 g/mol. The zero-order valence-electron chi connectivity index (χ0n) is 7.45. The Hall–Kier alpha value is 0.700. The van der Waals surface area contributed by atoms with E-state index in [0.717, 1.165) is 25.7 Å². The van der Waals surface area contributed by atoms with Gasteiger partial charge in [0.1, 0.15) is 5.67 Å². The lowest BCUT2D eigenvalue weighted by Crippen LogP contribution is -2.60. The summed E-state index contributed by atoms with van der Waals surface area (Å²) in [7, 11) is 0. The largest absolute Gasteiger partial charge is 0.244 e. The van der Waals surface area contributed by atoms with Crippen molar-refractivity contribution < 1.29 is 4.39 Å². The van der Waals surface area contributed by atoms with Crippen LogP contribution in [0, 0.1) is 5.92 Å². The van der Waals surface area contributed by atoms with E-state index in [1.807, 2.05) is 0 Å². The van der Waals surface area contributed by atoms with Gasteiger partial charge < -0.3 is 0 Å². The van der Waals surface area contributed by atoms with E-state index in [0.29, 0.717) is 18.8 Å². The second-order valence-electron chi connectivity index (χ2n) is 5.46. The number of hydrogen-bond donors (Lipinski definition) is 0. The Morgan fingerprint density at radius 3 is 2.46 bits per heavy atom. The predicted octanol–water partition coefficient (Wildman–Crippen LogP) is 3.80. The maximum absolute atomic E-state index is 14.3. The van der Waals surface area contributed by atoms with Gasteiger partial charge in [-0.05, 0) is 38.0 Å². The quantitative estimate of drug-likeness (QED) is 0.586. The molecule has 4 fully saturated rings. The zero-order valence-corrected chi connectivity index (χ0v) is 9.80. The first-order valence-corrected chi connectivity index (χ1v) is 6.14. The third kappa shape index (κ3) is 1.28. The van der Waals surface area contributed by atoms with Crippen molar-refractivity contribution in [3.63, 3.8) is 0 Å². The Labute approximate surface area is 91.3 Å². The molecule has 0 spiro atoms. The predicted molar refractivity (Wildman–Crippen MR) is 55.3 cm³/mol. The highest BCUT2D eigenvalue weighted by atomic mass is 79.9. The van der Waals surface area contributed by atoms with Gasteiger partial charge in [0.25, 0.3) is 0 Å². The molecule has 4 aliphatic carbocycles. The van der Waals surface area contributed by atoms with Crippen molar-refractivity contribution in [3.8, 4) is 0 Å². The van der Waals surface area contributed by atoms with Crippen molar-refractivity contribution in [2.24, 2.45) is 5.92 Å². The van der Waals surface area contributed by atoms with E-state index in [4.69, 9.17) is 11.6 Å². The van der Waals surface area contributed by atoms with Crippen LogP contribution in [-0.4, -0.2) is 14.9 Å². The maximum atomic E-state index is 14.3. The van der Waals surface area contributed by atoms with Crippen LogP contribution >= 0.6 is 27.5 Å². The van der Waals surface area contributed by atoms with Crippen LogP contribution in [0.3, 0.4) is 0 Å². The van der Waals surface area contributed by atoms with Crippen LogP contribution in [0.15, 0.2) is 0 Å². The molecule has 0 radical (unpaired) electrons. The van der Waals surface area contributed by atoms with E-state index in [9.17, 15) is 4.39 Å². The molecule has 0 unspecified atom stereocenters. The zero-order chi connectivity index (χ0) is 9.32. The first kappa shape index (κ1) is 8.96. The number of rotatable bonds is 0. The molecule has 0 saturated heterocycles. The molecule has 4 aliphatic rings. The molecule has 0 nitrogen and oxygen atoms in total. The summed E-state index contributed by atoms with van der Waals surface area (Å²) < 4.78 is 14.3. The van der Waals surface area contributed by atoms with Gasteiger partial charge in [-0.2, -0.15) is 0 Å². The molecule has 0 aromatic carbocycles. The lowest BCUT2D eigenvalue weighted by atomic mass is 9.54. The highest BCUT2D eigenvalue weighted by Crippen LogP contribution is 2.65. The van der Waals surface area contributed by atoms with Crippen molar-refractivity contribution in [2.45, 2.75) is 53.4 Å². The minimum Gasteiger partial charge on any atom is -0.244 e. The molecule has 0 N–H and O–H groups in total. The van der Waals surface area contributed by atoms with Crippen LogP contribution in [0.1, 0.15) is 38.5 Å². The van der Waals surface area contributed by atoms with E-state index in [1.165, 1.54) is 0 Å². The topological polar surface area (TPSA) is 0 Å². The normalized spacial score (nSPS) is 64.4. The number of hydrogen-bond acceptors (Lipinski definition) is 0. The molecule has 0 amide bonds. The fourth-order valence-electron chi connectivity index (χ4n) is 4.09. The Bertz CT molecular complexity index is 217. The Morgan fingerprint density at radius 2 is 1.92 bits per heavy atom. The number of alkyl halides is 3. The summed E-state index contributed by atoms with van der Waals surface area (Å²) in [6.07, 6.45) is 5.16. The Balaban J connectivity index is 2.03. The second-order valence-corrected chi connectivity index (χ2v) is 7.95. The molecule has 0 aliphatic heterocycles. The molecule has 3 heteroatoms. The molecular formula is C10H13BrClF. The fourth-order valence-corrected chi connectivity index (χ4v) is 6.46. The highest BCUT2D eigenvalue weighted by Gasteiger charge is 2.62. The maximum Gasteiger partial charge on any atom is 0.114 e. The van der Waals surface area contributed by atoms with Gasteiger partial charge in [-0.1, -0.05) is 15.9 Å². The monoisotopic (exact) mass is 266 g/mol. The van der Waals surface area contributed by atoms with E-state index in [-0.39, 0.29) is 9.20 Å². The summed E-state index contributed by atoms with van der Waals surface area (Å²) in [5.41, 5.74) is -0.954. The van der Waals surface area contributed by atoms with Crippen molar-refractivity contribution >= 4 is 27.5 Å². The third-order valence-electron chi connectivity index (χ3n) is 3.86. The molecule has 4 bridgehead atoms. The first-order chi connectivity index (χ1) is 5.91. The number of halogens is 3. The highest BCUT2D eigenvalue weighted by molar-refractivity contribution is 9.10. The van der Waals surface area contributed by atoms with Crippen LogP contribution in [0.5, 0.6) is 0 Å². The van der Waals surface area contributed by atoms with E-state index >= 15 is 0 Å². The lowest BCUT2D eigenvalue weighted by Gasteiger charge is -2.60. The average molecular weight is 268 g/mol. The van der Waals surface area contributed by atoms with E-state index in [1.54, 1.807) is 0 Å². The summed E-state index contributed by atoms with van der Waals surface area (Å²) in [5, 5.41) is 0. The van der Waals surface area contributed by atoms with Crippen LogP contribution in [0.25, 0.3) is 0 Å². The first-order valence-electron chi connectivity index (χ1n) is 4.97. The van der Waals surface area contributed by atoms with Crippen LogP contribution in [-0.2, 0) is 0 Å². The van der Waals surface area contributed by atoms with E-state index < -0.39 is 5.67 Å². The molecule has 4 atom stereocenters. The average Bonchev–Trinajstić information content (AvgIpc) is 1.71. The van der Waals surface area contributed by atoms with Gasteiger partial charge >= 0.3 is 0 Å². The van der Waals surface area contributed by atoms with Gasteiger partial charge in [-0.3, -0.25) is 0 Å². The van der Waals surface area contributed by atoms with Gasteiger partial charge in [0, 0.05) is 15.6 Å². The summed E-state index contributed by atoms with van der Waals surface area (Å²) in [6, 6.07) is 0. The van der Waals surface area contributed by atoms with Gasteiger partial charge in [0.05, 0.1) is 0 Å². The Morgan fingerprint density at radius 1 is 1.15 bits per heavy atom. The molecule has 0 aromatic rings. The summed E-state index contributed by atoms with van der Waals surface area (Å²) in [5.74, 6) is 0.526. The lowest BCUT2D eigenvalue weighted by molar-refractivity contribution is -0.0466. The van der Waals surface area contributed by atoms with E-state index in [2.05, 4.69) is 15.9 Å². The molecule has 13 heavy (non-hydrogen) atoms. The standard InChI is InChI=1S/C10H13BrClF/c11-8-1-7-2-9(12,4-8)6-10(13,3-7)5-8/h7H,1-6H2/t7-,8-,9+,10-/m1/s1. The van der Waals surface area contributed by atoms with Gasteiger partial charge in [0.15, 0.2) is 0 Å². The summed E-state index contributed by atoms with van der Waals surface area (Å²) in [6.45, 7) is 0. The minimum atomic E-state index is -0.954. The third-order valence-corrected chi connectivity index (χ3v) is 5.17. The molecule has 4 rings (SSSR count). The molecule has 74 valence electrons. The molecule has 4 saturated carbocycles. The van der Waals surface area contributed by atoms with Gasteiger partial charge in [-0.15, -0.1) is 11.6 Å². The second kappa shape index (κ2) is 2.27. The molecule has 0 heterocycles. The Kier molecular flexibility index (Phi) is 1.56. The SMILES string of the molecule is F[C@@]12C[C@H]3C[C@@](Cl)(C1)C[C@](Br)(C3)C2. The molecule has 0 aromatic heterocycles. The van der Waals surface area contributed by atoms with Crippen molar-refractivity contribution in [2.75, 3.05) is 0 Å². The van der Waals surface area contributed by atoms with Crippen molar-refractivity contribution in [1.82, 2.24) is 0 Å². The minimum absolute atomic E-state index is 0.0307. The van der Waals surface area contributed by atoms with Crippen LogP contribution < -0.4 is 0 Å². The van der Waals surface area contributed by atoms with Crippen LogP contribution in [0.4, 0.5) is 4.39 Å². The van der Waals surface area contributed by atoms with Crippen molar-refractivity contribution in [1.29, 1.82) is 0 Å². The van der Waals surface area contributed by atoms with Gasteiger partial charge in [-0.25, -0.2) is 4.39 Å². The van der Waals surface area contributed by atoms with Crippen LogP contribution in [0.2, 0.25) is 0 Å². The van der Waals surface area contributed by atoms with Crippen molar-refractivity contribution in [3.05, 3.63) is 0 Å².